The molecule has 1 unspecified atom stereocenters. The van der Waals surface area contributed by atoms with Crippen LogP contribution in [0.4, 0.5) is 10.1 Å². The number of nitrogens with one attached hydrogen (secondary N) is 1. The quantitative estimate of drug-likeness (QED) is 0.228. The number of rotatable bonds is 6. The average molecular weight is 506 g/mol. The van der Waals surface area contributed by atoms with E-state index in [1.54, 1.807) is 25.4 Å². The zero-order valence-electron chi connectivity index (χ0n) is 21.1. The minimum Gasteiger partial charge on any atom is -0.402 e. The number of anilines is 1. The van der Waals surface area contributed by atoms with Crippen molar-refractivity contribution < 1.29 is 9.18 Å². The van der Waals surface area contributed by atoms with Crippen LogP contribution in [-0.4, -0.2) is 40.3 Å². The predicted octanol–water partition coefficient (Wildman–Crippen LogP) is 5.66. The molecule has 0 amide bonds. The Bertz CT molecular complexity index is 1280. The number of ketones is 1. The molecule has 1 aromatic heterocycles. The van der Waals surface area contributed by atoms with Crippen molar-refractivity contribution in [2.75, 3.05) is 25.5 Å². The van der Waals surface area contributed by atoms with Gasteiger partial charge in [-0.25, -0.2) is 8.70 Å². The van der Waals surface area contributed by atoms with Crippen LogP contribution in [0.25, 0.3) is 0 Å². The van der Waals surface area contributed by atoms with Gasteiger partial charge in [-0.2, -0.15) is 0 Å². The summed E-state index contributed by atoms with van der Waals surface area (Å²) in [6.45, 7) is 7.16. The second-order valence-electron chi connectivity index (χ2n) is 9.46. The number of hydrogen-bond donors (Lipinski definition) is 2. The number of hydrogen-bond acceptors (Lipinski definition) is 7. The normalized spacial score (nSPS) is 21.2. The number of piperidine rings is 1. The molecule has 2 heterocycles. The number of halogens is 1. The maximum absolute atomic E-state index is 14.1. The largest absolute Gasteiger partial charge is 0.402 e. The molecule has 36 heavy (non-hydrogen) atoms. The molecule has 1 aliphatic heterocycles. The van der Waals surface area contributed by atoms with Crippen LogP contribution in [0.5, 0.6) is 0 Å². The maximum atomic E-state index is 14.1. The third-order valence-corrected chi connectivity index (χ3v) is 7.59. The summed E-state index contributed by atoms with van der Waals surface area (Å²) >= 11 is 1.53. The first-order valence-corrected chi connectivity index (χ1v) is 12.7. The van der Waals surface area contributed by atoms with Crippen molar-refractivity contribution in [3.8, 4) is 0 Å². The molecule has 4 rings (SSSR count). The van der Waals surface area contributed by atoms with Crippen LogP contribution < -0.4 is 11.1 Å². The number of nitrogens with two attached hydrogens (primary N) is 1. The summed E-state index contributed by atoms with van der Waals surface area (Å²) in [6.07, 6.45) is 6.95. The van der Waals surface area contributed by atoms with Gasteiger partial charge in [0.2, 0.25) is 0 Å². The Balaban J connectivity index is 1.69. The molecule has 0 saturated carbocycles. The number of allylic oxidation sites excluding steroid dienone is 3. The number of Topliss-reactive ketones (excluding diaryl/α,β-unsaturated/α-hetero) is 1. The Morgan fingerprint density at radius 3 is 2.69 bits per heavy atom. The molecule has 1 atom stereocenters. The Morgan fingerprint density at radius 2 is 2.03 bits per heavy atom. The first kappa shape index (κ1) is 25.9. The van der Waals surface area contributed by atoms with E-state index >= 15 is 0 Å². The van der Waals surface area contributed by atoms with Crippen LogP contribution in [0.2, 0.25) is 0 Å². The molecule has 1 aromatic carbocycles. The third kappa shape index (κ3) is 5.60. The number of aryl methyl sites for hydroxylation is 1. The fourth-order valence-electron chi connectivity index (χ4n) is 4.76. The van der Waals surface area contributed by atoms with Gasteiger partial charge in [0, 0.05) is 43.4 Å². The number of pyridine rings is 1. The van der Waals surface area contributed by atoms with Crippen LogP contribution >= 0.6 is 11.9 Å². The van der Waals surface area contributed by atoms with Crippen molar-refractivity contribution in [1.29, 1.82) is 0 Å². The predicted molar refractivity (Wildman–Crippen MR) is 146 cm³/mol. The lowest BCUT2D eigenvalue weighted by atomic mass is 9.65. The van der Waals surface area contributed by atoms with Gasteiger partial charge in [0.1, 0.15) is 16.6 Å². The number of carbonyl (C=O) groups is 1. The molecule has 0 spiro atoms. The number of nitrogens with zero attached hydrogens (tertiary/aromatic N) is 3. The van der Waals surface area contributed by atoms with Gasteiger partial charge in [0.15, 0.2) is 5.78 Å². The summed E-state index contributed by atoms with van der Waals surface area (Å²) in [4.78, 5) is 23.0. The van der Waals surface area contributed by atoms with Gasteiger partial charge in [0.05, 0.1) is 5.41 Å². The number of benzene rings is 1. The molecule has 2 aromatic rings. The van der Waals surface area contributed by atoms with E-state index in [0.717, 1.165) is 46.1 Å². The summed E-state index contributed by atoms with van der Waals surface area (Å²) in [5.74, 6) is -0.244. The number of fused-ring (bicyclic) bond motifs is 1. The molecular weight excluding hydrogens is 473 g/mol. The monoisotopic (exact) mass is 505 g/mol. The molecular formula is C28H32FN5OS. The molecule has 0 radical (unpaired) electrons. The van der Waals surface area contributed by atoms with Crippen LogP contribution in [0, 0.1) is 18.2 Å². The van der Waals surface area contributed by atoms with Crippen LogP contribution in [0.3, 0.4) is 0 Å². The van der Waals surface area contributed by atoms with Gasteiger partial charge in [-0.1, -0.05) is 5.57 Å². The van der Waals surface area contributed by atoms with Gasteiger partial charge in [-0.05, 0) is 105 Å². The van der Waals surface area contributed by atoms with Crippen molar-refractivity contribution in [1.82, 2.24) is 9.29 Å². The summed E-state index contributed by atoms with van der Waals surface area (Å²) < 4.78 is 15.6. The van der Waals surface area contributed by atoms with Crippen LogP contribution in [-0.2, 0) is 0 Å². The zero-order valence-corrected chi connectivity index (χ0v) is 22.0. The van der Waals surface area contributed by atoms with Gasteiger partial charge < -0.3 is 11.1 Å². The highest BCUT2D eigenvalue weighted by molar-refractivity contribution is 8.12. The van der Waals surface area contributed by atoms with E-state index in [4.69, 9.17) is 5.73 Å². The highest BCUT2D eigenvalue weighted by atomic mass is 32.2. The molecule has 3 N–H and O–H groups in total. The Morgan fingerprint density at radius 1 is 1.28 bits per heavy atom. The summed E-state index contributed by atoms with van der Waals surface area (Å²) in [7, 11) is 1.75. The van der Waals surface area contributed by atoms with E-state index in [2.05, 4.69) is 25.7 Å². The minimum absolute atomic E-state index is 0.0310. The van der Waals surface area contributed by atoms with Gasteiger partial charge in [-0.15, -0.1) is 0 Å². The van der Waals surface area contributed by atoms with Gasteiger partial charge >= 0.3 is 0 Å². The van der Waals surface area contributed by atoms with Crippen molar-refractivity contribution in [2.24, 2.45) is 16.1 Å². The van der Waals surface area contributed by atoms with E-state index in [9.17, 15) is 9.18 Å². The molecule has 188 valence electrons. The first-order valence-electron chi connectivity index (χ1n) is 11.9. The fourth-order valence-corrected chi connectivity index (χ4v) is 5.82. The molecule has 1 aliphatic carbocycles. The number of aromatic nitrogens is 1. The molecule has 1 saturated heterocycles. The van der Waals surface area contributed by atoms with E-state index in [0.29, 0.717) is 24.4 Å². The van der Waals surface area contributed by atoms with Gasteiger partial charge in [-0.3, -0.25) is 14.8 Å². The lowest BCUT2D eigenvalue weighted by molar-refractivity contribution is 0.0773. The van der Waals surface area contributed by atoms with Crippen molar-refractivity contribution in [3.05, 3.63) is 94.4 Å². The second-order valence-corrected chi connectivity index (χ2v) is 10.6. The van der Waals surface area contributed by atoms with E-state index < -0.39 is 5.41 Å². The lowest BCUT2D eigenvalue weighted by Crippen LogP contribution is -2.49. The maximum Gasteiger partial charge on any atom is 0.192 e. The standard InChI is InChI=1S/C28H32FN5OS/c1-18-9-11-32-25(13-18)27(35)28-16-19(2)24(33-23-7-5-22(29)6-8-23)15-21(28)10-12-34(17-28)36-26(31-4)14-20(3)30/h5-9,11,13-15,33H,10,12,16-17,30H2,1-4H3. The SMILES string of the molecule is CN=C(C=C(C)N)SN1CCC2=CC(Nc3ccc(F)cc3)=C(C)CC2(C(=O)c2cc(C)ccn2)C1. The Hall–Kier alpha value is -3.23. The highest BCUT2D eigenvalue weighted by Gasteiger charge is 2.48. The zero-order chi connectivity index (χ0) is 25.9. The summed E-state index contributed by atoms with van der Waals surface area (Å²) in [6, 6.07) is 10.1. The first-order chi connectivity index (χ1) is 17.2. The molecule has 6 nitrogen and oxygen atoms in total. The van der Waals surface area contributed by atoms with Crippen molar-refractivity contribution in [3.63, 3.8) is 0 Å². The number of aliphatic imine (C=N–C) groups is 1. The number of carbonyl (C=O) groups excluding carboxylic acids is 1. The Labute approximate surface area is 216 Å². The van der Waals surface area contributed by atoms with Crippen LogP contribution in [0.1, 0.15) is 42.7 Å². The van der Waals surface area contributed by atoms with E-state index in [1.165, 1.54) is 24.1 Å². The highest BCUT2D eigenvalue weighted by Crippen LogP contribution is 2.48. The van der Waals surface area contributed by atoms with Crippen molar-refractivity contribution in [2.45, 2.75) is 33.6 Å². The topological polar surface area (TPSA) is 83.6 Å². The molecule has 8 heteroatoms. The fraction of sp³-hybridized carbons (Fsp3) is 0.321. The van der Waals surface area contributed by atoms with Gasteiger partial charge in [0.25, 0.3) is 0 Å². The Kier molecular flexibility index (Phi) is 7.76. The second kappa shape index (κ2) is 10.8. The average Bonchev–Trinajstić information content (AvgIpc) is 2.84. The van der Waals surface area contributed by atoms with Crippen molar-refractivity contribution >= 4 is 28.5 Å². The van der Waals surface area contributed by atoms with Crippen LogP contribution in [0.15, 0.2) is 82.3 Å². The van der Waals surface area contributed by atoms with E-state index in [1.807, 2.05) is 39.0 Å². The third-order valence-electron chi connectivity index (χ3n) is 6.54. The smallest absolute Gasteiger partial charge is 0.192 e. The minimum atomic E-state index is -0.732. The molecule has 2 aliphatic rings. The summed E-state index contributed by atoms with van der Waals surface area (Å²) in [5.41, 5.74) is 11.2. The summed E-state index contributed by atoms with van der Waals surface area (Å²) in [5, 5.41) is 4.23. The molecule has 1 fully saturated rings. The lowest BCUT2D eigenvalue weighted by Gasteiger charge is -2.45. The van der Waals surface area contributed by atoms with E-state index in [-0.39, 0.29) is 11.6 Å². The molecule has 0 bridgehead atoms.